The van der Waals surface area contributed by atoms with E-state index in [0.29, 0.717) is 6.54 Å². The van der Waals surface area contributed by atoms with Crippen molar-refractivity contribution in [2.24, 2.45) is 0 Å². The van der Waals surface area contributed by atoms with E-state index in [-0.39, 0.29) is 5.82 Å². The third-order valence-corrected chi connectivity index (χ3v) is 2.85. The van der Waals surface area contributed by atoms with Crippen LogP contribution in [0.3, 0.4) is 0 Å². The first-order valence-electron chi connectivity index (χ1n) is 6.21. The number of aromatic nitrogens is 1. The van der Waals surface area contributed by atoms with Gasteiger partial charge in [-0.05, 0) is 36.2 Å². The molecule has 100 valence electrons. The summed E-state index contributed by atoms with van der Waals surface area (Å²) in [6.07, 6.45) is 3.74. The smallest absolute Gasteiger partial charge is 0.141 e. The second-order valence-electron chi connectivity index (χ2n) is 4.25. The highest BCUT2D eigenvalue weighted by Gasteiger charge is 2.01. The van der Waals surface area contributed by atoms with Crippen LogP contribution in [0.25, 0.3) is 0 Å². The molecule has 0 spiro atoms. The van der Waals surface area contributed by atoms with E-state index in [1.54, 1.807) is 13.3 Å². The Bertz CT molecular complexity index is 531. The van der Waals surface area contributed by atoms with Gasteiger partial charge in [-0.3, -0.25) is 4.98 Å². The van der Waals surface area contributed by atoms with Crippen molar-refractivity contribution in [2.75, 3.05) is 13.7 Å². The van der Waals surface area contributed by atoms with Gasteiger partial charge < -0.3 is 10.1 Å². The van der Waals surface area contributed by atoms with Gasteiger partial charge in [0.25, 0.3) is 0 Å². The average Bonchev–Trinajstić information content (AvgIpc) is 2.44. The number of pyridine rings is 1. The van der Waals surface area contributed by atoms with Crippen LogP contribution in [0, 0.1) is 5.82 Å². The highest BCUT2D eigenvalue weighted by Crippen LogP contribution is 2.17. The number of halogens is 1. The molecule has 2 rings (SSSR count). The van der Waals surface area contributed by atoms with Gasteiger partial charge in [-0.15, -0.1) is 0 Å². The Morgan fingerprint density at radius 3 is 2.89 bits per heavy atom. The van der Waals surface area contributed by atoms with Crippen LogP contribution in [-0.2, 0) is 13.0 Å². The summed E-state index contributed by atoms with van der Waals surface area (Å²) in [4.78, 5) is 3.81. The van der Waals surface area contributed by atoms with Gasteiger partial charge in [0.1, 0.15) is 11.6 Å². The highest BCUT2D eigenvalue weighted by molar-refractivity contribution is 5.33. The fourth-order valence-corrected chi connectivity index (χ4v) is 1.92. The maximum absolute atomic E-state index is 12.9. The number of ether oxygens (including phenoxy) is 1. The molecule has 0 fully saturated rings. The molecule has 1 N–H and O–H groups in total. The maximum Gasteiger partial charge on any atom is 0.141 e. The molecule has 1 aromatic heterocycles. The van der Waals surface area contributed by atoms with Gasteiger partial charge >= 0.3 is 0 Å². The zero-order valence-corrected chi connectivity index (χ0v) is 10.9. The van der Waals surface area contributed by atoms with Crippen LogP contribution in [-0.4, -0.2) is 18.6 Å². The summed E-state index contributed by atoms with van der Waals surface area (Å²) in [6, 6.07) is 9.43. The molecule has 4 heteroatoms. The number of hydrogen-bond acceptors (Lipinski definition) is 3. The lowest BCUT2D eigenvalue weighted by atomic mass is 10.1. The third kappa shape index (κ3) is 4.03. The van der Waals surface area contributed by atoms with Gasteiger partial charge in [0, 0.05) is 12.7 Å². The Hall–Kier alpha value is -1.94. The number of benzene rings is 1. The first kappa shape index (κ1) is 13.5. The quantitative estimate of drug-likeness (QED) is 0.811. The van der Waals surface area contributed by atoms with Gasteiger partial charge in [0.2, 0.25) is 0 Å². The molecule has 19 heavy (non-hydrogen) atoms. The van der Waals surface area contributed by atoms with E-state index in [1.807, 2.05) is 24.3 Å². The van der Waals surface area contributed by atoms with Crippen molar-refractivity contribution in [3.05, 3.63) is 59.7 Å². The summed E-state index contributed by atoms with van der Waals surface area (Å²) in [7, 11) is 1.67. The number of nitrogens with one attached hydrogen (secondary N) is 1. The molecular weight excluding hydrogens is 243 g/mol. The van der Waals surface area contributed by atoms with Crippen LogP contribution in [0.1, 0.15) is 11.1 Å². The minimum Gasteiger partial charge on any atom is -0.496 e. The topological polar surface area (TPSA) is 34.1 Å². The van der Waals surface area contributed by atoms with Gasteiger partial charge in [-0.2, -0.15) is 0 Å². The summed E-state index contributed by atoms with van der Waals surface area (Å²) in [5.41, 5.74) is 2.01. The van der Waals surface area contributed by atoms with E-state index in [0.717, 1.165) is 29.8 Å². The molecule has 1 aromatic carbocycles. The van der Waals surface area contributed by atoms with Gasteiger partial charge in [0.05, 0.1) is 13.3 Å². The summed E-state index contributed by atoms with van der Waals surface area (Å²) in [6.45, 7) is 1.41. The Kier molecular flexibility index (Phi) is 4.86. The van der Waals surface area contributed by atoms with Crippen LogP contribution >= 0.6 is 0 Å². The van der Waals surface area contributed by atoms with E-state index >= 15 is 0 Å². The van der Waals surface area contributed by atoms with Gasteiger partial charge in [0.15, 0.2) is 0 Å². The molecule has 0 saturated heterocycles. The van der Waals surface area contributed by atoms with Crippen molar-refractivity contribution in [1.82, 2.24) is 10.3 Å². The minimum atomic E-state index is -0.302. The number of methoxy groups -OCH3 is 1. The largest absolute Gasteiger partial charge is 0.496 e. The van der Waals surface area contributed by atoms with Crippen molar-refractivity contribution >= 4 is 0 Å². The summed E-state index contributed by atoms with van der Waals surface area (Å²) < 4.78 is 18.2. The predicted octanol–water partition coefficient (Wildman–Crippen LogP) is 2.56. The van der Waals surface area contributed by atoms with E-state index in [2.05, 4.69) is 10.3 Å². The molecule has 0 bridgehead atoms. The molecule has 0 aliphatic heterocycles. The van der Waals surface area contributed by atoms with Crippen molar-refractivity contribution in [2.45, 2.75) is 13.0 Å². The van der Waals surface area contributed by atoms with E-state index < -0.39 is 0 Å². The second-order valence-corrected chi connectivity index (χ2v) is 4.25. The third-order valence-electron chi connectivity index (χ3n) is 2.85. The number of para-hydroxylation sites is 1. The zero-order chi connectivity index (χ0) is 13.5. The van der Waals surface area contributed by atoms with Crippen molar-refractivity contribution in [3.63, 3.8) is 0 Å². The molecule has 0 unspecified atom stereocenters. The molecule has 0 aliphatic rings. The monoisotopic (exact) mass is 260 g/mol. The lowest BCUT2D eigenvalue weighted by Crippen LogP contribution is -2.17. The fraction of sp³-hybridized carbons (Fsp3) is 0.267. The molecular formula is C15H17FN2O. The van der Waals surface area contributed by atoms with Crippen LogP contribution in [0.2, 0.25) is 0 Å². The van der Waals surface area contributed by atoms with Crippen molar-refractivity contribution < 1.29 is 9.13 Å². The van der Waals surface area contributed by atoms with Crippen LogP contribution in [0.4, 0.5) is 4.39 Å². The summed E-state index contributed by atoms with van der Waals surface area (Å²) in [5, 5.41) is 3.27. The molecule has 2 aromatic rings. The Labute approximate surface area is 112 Å². The fourth-order valence-electron chi connectivity index (χ4n) is 1.92. The summed E-state index contributed by atoms with van der Waals surface area (Å²) >= 11 is 0. The first-order valence-corrected chi connectivity index (χ1v) is 6.21. The van der Waals surface area contributed by atoms with E-state index in [9.17, 15) is 4.39 Å². The molecule has 0 aliphatic carbocycles. The van der Waals surface area contributed by atoms with Gasteiger partial charge in [-0.25, -0.2) is 4.39 Å². The first-order chi connectivity index (χ1) is 9.29. The van der Waals surface area contributed by atoms with Crippen LogP contribution in [0.5, 0.6) is 5.75 Å². The van der Waals surface area contributed by atoms with E-state index in [4.69, 9.17) is 4.74 Å². The normalized spacial score (nSPS) is 10.4. The zero-order valence-electron chi connectivity index (χ0n) is 10.9. The molecule has 0 amide bonds. The Morgan fingerprint density at radius 1 is 1.26 bits per heavy atom. The number of rotatable bonds is 6. The minimum absolute atomic E-state index is 0.302. The summed E-state index contributed by atoms with van der Waals surface area (Å²) in [5.74, 6) is 0.598. The van der Waals surface area contributed by atoms with Crippen molar-refractivity contribution in [3.8, 4) is 5.75 Å². The molecule has 0 atom stereocenters. The predicted molar refractivity (Wildman–Crippen MR) is 72.6 cm³/mol. The highest BCUT2D eigenvalue weighted by atomic mass is 19.1. The van der Waals surface area contributed by atoms with Crippen LogP contribution < -0.4 is 10.1 Å². The Morgan fingerprint density at radius 2 is 2.11 bits per heavy atom. The SMILES string of the molecule is COc1ccccc1CCNCc1cncc(F)c1. The Balaban J connectivity index is 1.81. The maximum atomic E-state index is 12.9. The van der Waals surface area contributed by atoms with Gasteiger partial charge in [-0.1, -0.05) is 18.2 Å². The second kappa shape index (κ2) is 6.85. The number of nitrogens with zero attached hydrogens (tertiary/aromatic N) is 1. The average molecular weight is 260 g/mol. The standard InChI is InChI=1S/C15H17FN2O/c1-19-15-5-3-2-4-13(15)6-7-17-9-12-8-14(16)11-18-10-12/h2-5,8,10-11,17H,6-7,9H2,1H3. The lowest BCUT2D eigenvalue weighted by Gasteiger charge is -2.09. The number of hydrogen-bond donors (Lipinski definition) is 1. The van der Waals surface area contributed by atoms with Crippen LogP contribution in [0.15, 0.2) is 42.7 Å². The van der Waals surface area contributed by atoms with Crippen molar-refractivity contribution in [1.29, 1.82) is 0 Å². The molecule has 0 radical (unpaired) electrons. The molecule has 0 saturated carbocycles. The molecule has 1 heterocycles. The lowest BCUT2D eigenvalue weighted by molar-refractivity contribution is 0.409. The molecule has 3 nitrogen and oxygen atoms in total. The van der Waals surface area contributed by atoms with E-state index in [1.165, 1.54) is 12.3 Å².